The summed E-state index contributed by atoms with van der Waals surface area (Å²) in [6.07, 6.45) is 1.54. The highest BCUT2D eigenvalue weighted by Crippen LogP contribution is 2.38. The van der Waals surface area contributed by atoms with Gasteiger partial charge in [-0.05, 0) is 36.8 Å². The summed E-state index contributed by atoms with van der Waals surface area (Å²) in [5.74, 6) is -1.11. The van der Waals surface area contributed by atoms with Crippen molar-refractivity contribution in [2.75, 3.05) is 6.61 Å². The first-order chi connectivity index (χ1) is 16.4. The summed E-state index contributed by atoms with van der Waals surface area (Å²) in [5, 5.41) is 9.78. The standard InChI is InChI=1S/C25H19NO6S2/c1-2-31-24(30)17-10-8-15(9-11-17)19-13-12-18(32-19)14-20-22(27)26(25(33)34-20)21(23(28)29)16-6-4-3-5-7-16/h3-14,21H,2H2,1H3,(H,28,29)/b20-14+. The Labute approximate surface area is 205 Å². The first kappa shape index (κ1) is 23.5. The summed E-state index contributed by atoms with van der Waals surface area (Å²) >= 11 is 6.36. The van der Waals surface area contributed by atoms with Crippen molar-refractivity contribution in [1.29, 1.82) is 0 Å². The number of carboxylic acid groups (broad SMARTS) is 1. The predicted octanol–water partition coefficient (Wildman–Crippen LogP) is 5.15. The van der Waals surface area contributed by atoms with E-state index in [4.69, 9.17) is 21.4 Å². The van der Waals surface area contributed by atoms with Crippen molar-refractivity contribution < 1.29 is 28.6 Å². The predicted molar refractivity (Wildman–Crippen MR) is 132 cm³/mol. The van der Waals surface area contributed by atoms with Crippen LogP contribution in [0.5, 0.6) is 0 Å². The fraction of sp³-hybridized carbons (Fsp3) is 0.120. The molecule has 0 saturated carbocycles. The van der Waals surface area contributed by atoms with Gasteiger partial charge in [-0.15, -0.1) is 0 Å². The van der Waals surface area contributed by atoms with Crippen LogP contribution in [0.1, 0.15) is 34.6 Å². The van der Waals surface area contributed by atoms with Crippen molar-refractivity contribution in [2.45, 2.75) is 13.0 Å². The van der Waals surface area contributed by atoms with Crippen molar-refractivity contribution >= 4 is 52.2 Å². The number of benzene rings is 2. The molecule has 7 nitrogen and oxygen atoms in total. The van der Waals surface area contributed by atoms with E-state index in [-0.39, 0.29) is 9.23 Å². The Bertz CT molecular complexity index is 1280. The number of thiocarbonyl (C=S) groups is 1. The Morgan fingerprint density at radius 1 is 1.12 bits per heavy atom. The lowest BCUT2D eigenvalue weighted by atomic mass is 10.1. The summed E-state index contributed by atoms with van der Waals surface area (Å²) in [7, 11) is 0. The number of aliphatic carboxylic acids is 1. The van der Waals surface area contributed by atoms with Crippen LogP contribution in [0, 0.1) is 0 Å². The lowest BCUT2D eigenvalue weighted by Crippen LogP contribution is -2.37. The molecule has 4 rings (SSSR count). The van der Waals surface area contributed by atoms with Gasteiger partial charge < -0.3 is 14.3 Å². The maximum absolute atomic E-state index is 13.1. The highest BCUT2D eigenvalue weighted by atomic mass is 32.2. The zero-order valence-electron chi connectivity index (χ0n) is 18.0. The Morgan fingerprint density at radius 2 is 1.82 bits per heavy atom. The van der Waals surface area contributed by atoms with E-state index in [1.807, 2.05) is 0 Å². The number of esters is 1. The van der Waals surface area contributed by atoms with E-state index in [0.29, 0.717) is 29.3 Å². The zero-order valence-corrected chi connectivity index (χ0v) is 19.6. The van der Waals surface area contributed by atoms with Gasteiger partial charge in [-0.25, -0.2) is 9.59 Å². The Kier molecular flexibility index (Phi) is 6.95. The van der Waals surface area contributed by atoms with Gasteiger partial charge in [-0.2, -0.15) is 0 Å². The first-order valence-corrected chi connectivity index (χ1v) is 11.5. The molecule has 1 fully saturated rings. The number of ether oxygens (including phenoxy) is 1. The molecular weight excluding hydrogens is 474 g/mol. The minimum absolute atomic E-state index is 0.161. The molecule has 0 radical (unpaired) electrons. The molecule has 2 heterocycles. The Balaban J connectivity index is 1.55. The van der Waals surface area contributed by atoms with Crippen LogP contribution >= 0.6 is 24.0 Å². The van der Waals surface area contributed by atoms with Gasteiger partial charge in [0, 0.05) is 11.6 Å². The topological polar surface area (TPSA) is 97.0 Å². The van der Waals surface area contributed by atoms with Crippen molar-refractivity contribution in [3.63, 3.8) is 0 Å². The van der Waals surface area contributed by atoms with E-state index in [2.05, 4.69) is 0 Å². The summed E-state index contributed by atoms with van der Waals surface area (Å²) in [4.78, 5) is 38.2. The molecule has 34 heavy (non-hydrogen) atoms. The molecule has 1 amide bonds. The fourth-order valence-electron chi connectivity index (χ4n) is 3.44. The number of furan rings is 1. The second kappa shape index (κ2) is 10.1. The van der Waals surface area contributed by atoms with Gasteiger partial charge in [-0.1, -0.05) is 66.4 Å². The minimum atomic E-state index is -1.22. The third-order valence-corrected chi connectivity index (χ3v) is 6.34. The van der Waals surface area contributed by atoms with E-state index < -0.39 is 23.9 Å². The van der Waals surface area contributed by atoms with Crippen molar-refractivity contribution in [3.8, 4) is 11.3 Å². The lowest BCUT2D eigenvalue weighted by molar-refractivity contribution is -0.145. The van der Waals surface area contributed by atoms with Gasteiger partial charge in [0.15, 0.2) is 6.04 Å². The normalized spacial score (nSPS) is 15.6. The maximum atomic E-state index is 13.1. The molecule has 0 bridgehead atoms. The maximum Gasteiger partial charge on any atom is 0.338 e. The average Bonchev–Trinajstić information content (AvgIpc) is 3.40. The number of carbonyl (C=O) groups excluding carboxylic acids is 2. The van der Waals surface area contributed by atoms with E-state index in [1.54, 1.807) is 79.7 Å². The molecule has 1 aromatic heterocycles. The molecule has 1 aliphatic heterocycles. The van der Waals surface area contributed by atoms with E-state index in [0.717, 1.165) is 22.2 Å². The van der Waals surface area contributed by atoms with E-state index in [9.17, 15) is 19.5 Å². The smallest absolute Gasteiger partial charge is 0.338 e. The number of carbonyl (C=O) groups is 3. The van der Waals surface area contributed by atoms with Crippen LogP contribution < -0.4 is 0 Å². The SMILES string of the molecule is CCOC(=O)c1ccc(-c2ccc(/C=C3/SC(=S)N(C(C(=O)O)c4ccccc4)C3=O)o2)cc1. The number of carboxylic acids is 1. The molecule has 1 saturated heterocycles. The van der Waals surface area contributed by atoms with Crippen LogP contribution in [0.2, 0.25) is 0 Å². The molecule has 3 aromatic rings. The van der Waals surface area contributed by atoms with Gasteiger partial charge in [-0.3, -0.25) is 9.69 Å². The number of thioether (sulfide) groups is 1. The van der Waals surface area contributed by atoms with Crippen molar-refractivity contribution in [2.24, 2.45) is 0 Å². The second-order valence-corrected chi connectivity index (χ2v) is 8.88. The van der Waals surface area contributed by atoms with Gasteiger partial charge in [0.1, 0.15) is 15.8 Å². The monoisotopic (exact) mass is 493 g/mol. The molecule has 172 valence electrons. The largest absolute Gasteiger partial charge is 0.479 e. The highest BCUT2D eigenvalue weighted by Gasteiger charge is 2.41. The Hall–Kier alpha value is -3.69. The van der Waals surface area contributed by atoms with Crippen LogP contribution in [0.15, 0.2) is 76.1 Å². The van der Waals surface area contributed by atoms with Crippen molar-refractivity contribution in [3.05, 3.63) is 88.5 Å². The molecule has 1 N–H and O–H groups in total. The number of amides is 1. The van der Waals surface area contributed by atoms with Crippen LogP contribution in [0.25, 0.3) is 17.4 Å². The van der Waals surface area contributed by atoms with E-state index in [1.165, 1.54) is 0 Å². The number of hydrogen-bond acceptors (Lipinski definition) is 7. The highest BCUT2D eigenvalue weighted by molar-refractivity contribution is 8.26. The molecule has 0 aliphatic carbocycles. The van der Waals surface area contributed by atoms with Gasteiger partial charge in [0.25, 0.3) is 5.91 Å². The molecule has 1 unspecified atom stereocenters. The van der Waals surface area contributed by atoms with Crippen LogP contribution in [0.4, 0.5) is 0 Å². The van der Waals surface area contributed by atoms with Gasteiger partial charge in [0.2, 0.25) is 0 Å². The molecule has 9 heteroatoms. The summed E-state index contributed by atoms with van der Waals surface area (Å²) in [5.41, 5.74) is 1.64. The number of rotatable bonds is 7. The lowest BCUT2D eigenvalue weighted by Gasteiger charge is -2.23. The quantitative estimate of drug-likeness (QED) is 0.274. The van der Waals surface area contributed by atoms with Crippen LogP contribution in [0.3, 0.4) is 0 Å². The molecule has 1 atom stereocenters. The van der Waals surface area contributed by atoms with Crippen LogP contribution in [-0.2, 0) is 14.3 Å². The third kappa shape index (κ3) is 4.80. The second-order valence-electron chi connectivity index (χ2n) is 7.20. The van der Waals surface area contributed by atoms with Gasteiger partial charge >= 0.3 is 11.9 Å². The zero-order chi connectivity index (χ0) is 24.2. The molecule has 2 aromatic carbocycles. The molecular formula is C25H19NO6S2. The van der Waals surface area contributed by atoms with Gasteiger partial charge in [0.05, 0.1) is 17.1 Å². The number of hydrogen-bond donors (Lipinski definition) is 1. The third-order valence-electron chi connectivity index (χ3n) is 5.01. The molecule has 1 aliphatic rings. The van der Waals surface area contributed by atoms with E-state index >= 15 is 0 Å². The summed E-state index contributed by atoms with van der Waals surface area (Å²) in [6, 6.07) is 17.5. The van der Waals surface area contributed by atoms with Crippen molar-refractivity contribution in [1.82, 2.24) is 4.90 Å². The minimum Gasteiger partial charge on any atom is -0.479 e. The fourth-order valence-corrected chi connectivity index (χ4v) is 4.73. The summed E-state index contributed by atoms with van der Waals surface area (Å²) < 4.78 is 11.0. The van der Waals surface area contributed by atoms with Crippen LogP contribution in [-0.4, -0.2) is 38.8 Å². The number of nitrogens with zero attached hydrogens (tertiary/aromatic N) is 1. The summed E-state index contributed by atoms with van der Waals surface area (Å²) in [6.45, 7) is 2.04. The average molecular weight is 494 g/mol. The molecule has 0 spiro atoms. The Morgan fingerprint density at radius 3 is 2.47 bits per heavy atom. The first-order valence-electron chi connectivity index (χ1n) is 10.3.